The molecule has 3 aromatic heterocycles. The number of anilines is 1. The number of halogens is 1. The maximum absolute atomic E-state index is 13.6. The molecule has 0 saturated heterocycles. The maximum Gasteiger partial charge on any atom is 0.260 e. The van der Waals surface area contributed by atoms with Gasteiger partial charge < -0.3 is 0 Å². The van der Waals surface area contributed by atoms with E-state index in [1.807, 2.05) is 24.3 Å². The first-order chi connectivity index (χ1) is 14.2. The van der Waals surface area contributed by atoms with Crippen LogP contribution >= 0.6 is 22.7 Å². The van der Waals surface area contributed by atoms with Gasteiger partial charge in [-0.05, 0) is 48.0 Å². The van der Waals surface area contributed by atoms with Gasteiger partial charge in [-0.1, -0.05) is 17.4 Å². The molecule has 0 fully saturated rings. The van der Waals surface area contributed by atoms with Crippen LogP contribution in [-0.2, 0) is 6.54 Å². The third kappa shape index (κ3) is 3.48. The number of aromatic nitrogens is 3. The molecule has 0 atom stereocenters. The van der Waals surface area contributed by atoms with E-state index in [4.69, 9.17) is 0 Å². The Morgan fingerprint density at radius 2 is 1.97 bits per heavy atom. The zero-order valence-electron chi connectivity index (χ0n) is 14.9. The minimum absolute atomic E-state index is 0.177. The number of benzene rings is 2. The van der Waals surface area contributed by atoms with Crippen molar-refractivity contribution in [3.8, 4) is 0 Å². The number of pyridine rings is 1. The number of hydrogen-bond donors (Lipinski definition) is 0. The summed E-state index contributed by atoms with van der Waals surface area (Å²) in [6, 6.07) is 13.6. The molecule has 0 spiro atoms. The second-order valence-corrected chi connectivity index (χ2v) is 8.29. The van der Waals surface area contributed by atoms with Gasteiger partial charge >= 0.3 is 0 Å². The van der Waals surface area contributed by atoms with Crippen LogP contribution in [0.1, 0.15) is 15.9 Å². The average Bonchev–Trinajstić information content (AvgIpc) is 3.38. The quantitative estimate of drug-likeness (QED) is 0.397. The van der Waals surface area contributed by atoms with Gasteiger partial charge in [0.05, 0.1) is 32.5 Å². The first kappa shape index (κ1) is 17.8. The molecule has 0 aliphatic heterocycles. The Bertz CT molecular complexity index is 1330. The highest BCUT2D eigenvalue weighted by molar-refractivity contribution is 7.22. The Kier molecular flexibility index (Phi) is 4.49. The topological polar surface area (TPSA) is 59.0 Å². The number of carbonyl (C=O) groups is 1. The molecule has 5 nitrogen and oxygen atoms in total. The van der Waals surface area contributed by atoms with Gasteiger partial charge in [-0.2, -0.15) is 0 Å². The van der Waals surface area contributed by atoms with Crippen molar-refractivity contribution in [1.82, 2.24) is 15.0 Å². The van der Waals surface area contributed by atoms with E-state index in [1.54, 1.807) is 34.9 Å². The van der Waals surface area contributed by atoms with Gasteiger partial charge in [-0.25, -0.2) is 14.4 Å². The van der Waals surface area contributed by atoms with Crippen LogP contribution in [0.4, 0.5) is 9.52 Å². The van der Waals surface area contributed by atoms with Crippen LogP contribution < -0.4 is 4.90 Å². The molecular weight excluding hydrogens is 407 g/mol. The lowest BCUT2D eigenvalue weighted by atomic mass is 10.1. The highest BCUT2D eigenvalue weighted by Crippen LogP contribution is 2.32. The lowest BCUT2D eigenvalue weighted by Crippen LogP contribution is -2.30. The van der Waals surface area contributed by atoms with Crippen molar-refractivity contribution in [2.45, 2.75) is 6.54 Å². The zero-order chi connectivity index (χ0) is 19.8. The van der Waals surface area contributed by atoms with Gasteiger partial charge in [0.25, 0.3) is 5.91 Å². The summed E-state index contributed by atoms with van der Waals surface area (Å²) in [5.41, 5.74) is 4.71. The maximum atomic E-state index is 13.6. The molecule has 3 heterocycles. The Labute approximate surface area is 173 Å². The third-order valence-electron chi connectivity index (χ3n) is 4.46. The highest BCUT2D eigenvalue weighted by atomic mass is 32.1. The minimum atomic E-state index is -0.325. The molecule has 0 unspecified atom stereocenters. The summed E-state index contributed by atoms with van der Waals surface area (Å²) in [4.78, 5) is 28.0. The number of thiazole rings is 2. The molecule has 142 valence electrons. The van der Waals surface area contributed by atoms with E-state index < -0.39 is 0 Å². The fraction of sp³-hybridized carbons (Fsp3) is 0.0476. The van der Waals surface area contributed by atoms with E-state index in [0.29, 0.717) is 27.5 Å². The van der Waals surface area contributed by atoms with E-state index >= 15 is 0 Å². The molecular formula is C21H13FN4OS2. The van der Waals surface area contributed by atoms with E-state index in [-0.39, 0.29) is 11.7 Å². The predicted molar refractivity (Wildman–Crippen MR) is 114 cm³/mol. The number of amides is 1. The fourth-order valence-electron chi connectivity index (χ4n) is 3.05. The number of hydrogen-bond acceptors (Lipinski definition) is 6. The minimum Gasteiger partial charge on any atom is -0.279 e. The van der Waals surface area contributed by atoms with Crippen LogP contribution in [-0.4, -0.2) is 20.9 Å². The smallest absolute Gasteiger partial charge is 0.260 e. The van der Waals surface area contributed by atoms with Crippen LogP contribution in [0.15, 0.2) is 66.4 Å². The van der Waals surface area contributed by atoms with Gasteiger partial charge in [-0.3, -0.25) is 14.7 Å². The molecule has 0 radical (unpaired) electrons. The number of fused-ring (bicyclic) bond motifs is 2. The summed E-state index contributed by atoms with van der Waals surface area (Å²) in [6.45, 7) is 0.315. The van der Waals surface area contributed by atoms with Crippen molar-refractivity contribution in [3.05, 3.63) is 83.4 Å². The second kappa shape index (κ2) is 7.31. The van der Waals surface area contributed by atoms with Crippen LogP contribution in [0.2, 0.25) is 0 Å². The van der Waals surface area contributed by atoms with Gasteiger partial charge in [-0.15, -0.1) is 11.3 Å². The number of rotatable bonds is 4. The summed E-state index contributed by atoms with van der Waals surface area (Å²) in [6.07, 6.45) is 3.41. The van der Waals surface area contributed by atoms with E-state index in [2.05, 4.69) is 15.0 Å². The lowest BCUT2D eigenvalue weighted by molar-refractivity contribution is 0.0985. The summed E-state index contributed by atoms with van der Waals surface area (Å²) in [7, 11) is 0. The molecule has 5 aromatic rings. The molecule has 0 bridgehead atoms. The van der Waals surface area contributed by atoms with Crippen LogP contribution in [0.5, 0.6) is 0 Å². The van der Waals surface area contributed by atoms with E-state index in [0.717, 1.165) is 15.8 Å². The summed E-state index contributed by atoms with van der Waals surface area (Å²) < 4.78 is 15.3. The van der Waals surface area contributed by atoms with Crippen molar-refractivity contribution in [2.24, 2.45) is 0 Å². The first-order valence-electron chi connectivity index (χ1n) is 8.77. The monoisotopic (exact) mass is 420 g/mol. The standard InChI is InChI=1S/C21H13FN4OS2/c22-15-4-6-17-19(9-15)29-21(25-17)26(11-13-2-1-7-23-10-13)20(27)14-3-5-16-18(8-14)28-12-24-16/h1-10,12H,11H2. The van der Waals surface area contributed by atoms with Crippen LogP contribution in [0.3, 0.4) is 0 Å². The largest absolute Gasteiger partial charge is 0.279 e. The second-order valence-electron chi connectivity index (χ2n) is 6.40. The number of nitrogens with zero attached hydrogens (tertiary/aromatic N) is 4. The molecule has 0 aliphatic carbocycles. The van der Waals surface area contributed by atoms with Crippen molar-refractivity contribution in [1.29, 1.82) is 0 Å². The molecule has 5 rings (SSSR count). The van der Waals surface area contributed by atoms with Crippen molar-refractivity contribution < 1.29 is 9.18 Å². The predicted octanol–water partition coefficient (Wildman–Crippen LogP) is 5.29. The SMILES string of the molecule is O=C(c1ccc2ncsc2c1)N(Cc1cccnc1)c1nc2ccc(F)cc2s1. The Morgan fingerprint density at radius 3 is 2.83 bits per heavy atom. The summed E-state index contributed by atoms with van der Waals surface area (Å²) >= 11 is 2.78. The van der Waals surface area contributed by atoms with E-state index in [9.17, 15) is 9.18 Å². The Hall–Kier alpha value is -3.23. The average molecular weight is 420 g/mol. The molecule has 0 aliphatic rings. The molecule has 0 saturated carbocycles. The fourth-order valence-corrected chi connectivity index (χ4v) is 4.75. The van der Waals surface area contributed by atoms with Gasteiger partial charge in [0, 0.05) is 18.0 Å². The third-order valence-corrected chi connectivity index (χ3v) is 6.29. The van der Waals surface area contributed by atoms with Crippen LogP contribution in [0.25, 0.3) is 20.4 Å². The summed E-state index contributed by atoms with van der Waals surface area (Å²) in [5, 5.41) is 0.517. The van der Waals surface area contributed by atoms with Crippen LogP contribution in [0, 0.1) is 5.82 Å². The molecule has 0 N–H and O–H groups in total. The van der Waals surface area contributed by atoms with Gasteiger partial charge in [0.2, 0.25) is 0 Å². The first-order valence-corrected chi connectivity index (χ1v) is 10.5. The molecule has 2 aromatic carbocycles. The lowest BCUT2D eigenvalue weighted by Gasteiger charge is -2.20. The zero-order valence-corrected chi connectivity index (χ0v) is 16.6. The molecule has 8 heteroatoms. The highest BCUT2D eigenvalue weighted by Gasteiger charge is 2.22. The van der Waals surface area contributed by atoms with Gasteiger partial charge in [0.1, 0.15) is 5.82 Å². The van der Waals surface area contributed by atoms with E-state index in [1.165, 1.54) is 34.8 Å². The summed E-state index contributed by atoms with van der Waals surface area (Å²) in [5.74, 6) is -0.503. The van der Waals surface area contributed by atoms with Crippen molar-refractivity contribution in [2.75, 3.05) is 4.90 Å². The Morgan fingerprint density at radius 1 is 1.07 bits per heavy atom. The Balaban J connectivity index is 1.59. The number of carbonyl (C=O) groups excluding carboxylic acids is 1. The normalized spacial score (nSPS) is 11.2. The molecule has 29 heavy (non-hydrogen) atoms. The molecule has 1 amide bonds. The van der Waals surface area contributed by atoms with Gasteiger partial charge in [0.15, 0.2) is 5.13 Å². The van der Waals surface area contributed by atoms with Crippen molar-refractivity contribution >= 4 is 54.1 Å². The van der Waals surface area contributed by atoms with Crippen molar-refractivity contribution in [3.63, 3.8) is 0 Å².